The van der Waals surface area contributed by atoms with Crippen molar-refractivity contribution in [3.05, 3.63) is 60.2 Å². The standard InChI is InChI=1S/C18H20N6O2/c1-3-24-16(7-8-19-24)18(26)22-15-6-4-5-14(9-15)21-17(25)12-23-11-13(2)10-20-23/h4-11H,3,12H2,1-2H3,(H,21,25)(H,22,26). The number of hydrogen-bond acceptors (Lipinski definition) is 4. The van der Waals surface area contributed by atoms with Gasteiger partial charge < -0.3 is 10.6 Å². The molecule has 1 aromatic carbocycles. The van der Waals surface area contributed by atoms with Crippen LogP contribution in [0.5, 0.6) is 0 Å². The molecule has 0 spiro atoms. The van der Waals surface area contributed by atoms with E-state index in [4.69, 9.17) is 0 Å². The molecule has 0 saturated carbocycles. The third kappa shape index (κ3) is 4.15. The molecule has 2 amide bonds. The van der Waals surface area contributed by atoms with E-state index in [1.54, 1.807) is 58.3 Å². The van der Waals surface area contributed by atoms with Gasteiger partial charge in [-0.15, -0.1) is 0 Å². The van der Waals surface area contributed by atoms with E-state index in [0.717, 1.165) is 5.56 Å². The zero-order valence-electron chi connectivity index (χ0n) is 14.6. The average Bonchev–Trinajstić information content (AvgIpc) is 3.23. The van der Waals surface area contributed by atoms with Crippen LogP contribution >= 0.6 is 0 Å². The van der Waals surface area contributed by atoms with Gasteiger partial charge in [0.2, 0.25) is 5.91 Å². The van der Waals surface area contributed by atoms with Crippen molar-refractivity contribution in [1.29, 1.82) is 0 Å². The van der Waals surface area contributed by atoms with Crippen LogP contribution in [0.15, 0.2) is 48.9 Å². The summed E-state index contributed by atoms with van der Waals surface area (Å²) in [7, 11) is 0. The molecule has 0 aliphatic carbocycles. The molecule has 0 unspecified atom stereocenters. The monoisotopic (exact) mass is 352 g/mol. The summed E-state index contributed by atoms with van der Waals surface area (Å²) in [5, 5.41) is 13.8. The first-order valence-corrected chi connectivity index (χ1v) is 8.27. The van der Waals surface area contributed by atoms with Gasteiger partial charge in [-0.25, -0.2) is 0 Å². The highest BCUT2D eigenvalue weighted by Crippen LogP contribution is 2.16. The minimum Gasteiger partial charge on any atom is -0.324 e. The molecule has 2 N–H and O–H groups in total. The summed E-state index contributed by atoms with van der Waals surface area (Å²) in [4.78, 5) is 24.5. The van der Waals surface area contributed by atoms with Crippen molar-refractivity contribution in [2.24, 2.45) is 0 Å². The minimum atomic E-state index is -0.250. The first-order valence-electron chi connectivity index (χ1n) is 8.27. The van der Waals surface area contributed by atoms with Gasteiger partial charge in [0, 0.05) is 30.3 Å². The lowest BCUT2D eigenvalue weighted by Crippen LogP contribution is -2.19. The molecule has 0 aliphatic heterocycles. The summed E-state index contributed by atoms with van der Waals surface area (Å²) in [5.41, 5.74) is 2.66. The van der Waals surface area contributed by atoms with E-state index >= 15 is 0 Å². The molecule has 3 rings (SSSR count). The Balaban J connectivity index is 1.64. The molecule has 134 valence electrons. The van der Waals surface area contributed by atoms with Crippen molar-refractivity contribution in [2.75, 3.05) is 10.6 Å². The largest absolute Gasteiger partial charge is 0.324 e. The molecular weight excluding hydrogens is 332 g/mol. The van der Waals surface area contributed by atoms with Gasteiger partial charge in [-0.3, -0.25) is 19.0 Å². The smallest absolute Gasteiger partial charge is 0.273 e. The summed E-state index contributed by atoms with van der Waals surface area (Å²) < 4.78 is 3.19. The fraction of sp³-hybridized carbons (Fsp3) is 0.222. The SMILES string of the molecule is CCn1nccc1C(=O)Nc1cccc(NC(=O)Cn2cc(C)cn2)c1. The van der Waals surface area contributed by atoms with Gasteiger partial charge in [0.1, 0.15) is 12.2 Å². The molecule has 0 saturated heterocycles. The van der Waals surface area contributed by atoms with Crippen LogP contribution in [0.1, 0.15) is 23.0 Å². The van der Waals surface area contributed by atoms with Crippen LogP contribution in [0.25, 0.3) is 0 Å². The Morgan fingerprint density at radius 1 is 1.12 bits per heavy atom. The fourth-order valence-electron chi connectivity index (χ4n) is 2.55. The number of amides is 2. The molecule has 8 heteroatoms. The number of hydrogen-bond donors (Lipinski definition) is 2. The summed E-state index contributed by atoms with van der Waals surface area (Å²) in [6.07, 6.45) is 5.09. The topological polar surface area (TPSA) is 93.8 Å². The van der Waals surface area contributed by atoms with E-state index in [0.29, 0.717) is 23.6 Å². The summed E-state index contributed by atoms with van der Waals surface area (Å²) in [6, 6.07) is 8.66. The van der Waals surface area contributed by atoms with Crippen LogP contribution in [0, 0.1) is 6.92 Å². The zero-order chi connectivity index (χ0) is 18.5. The Morgan fingerprint density at radius 3 is 2.58 bits per heavy atom. The lowest BCUT2D eigenvalue weighted by atomic mass is 10.2. The van der Waals surface area contributed by atoms with E-state index in [9.17, 15) is 9.59 Å². The lowest BCUT2D eigenvalue weighted by Gasteiger charge is -2.09. The molecule has 0 fully saturated rings. The highest BCUT2D eigenvalue weighted by atomic mass is 16.2. The van der Waals surface area contributed by atoms with E-state index in [-0.39, 0.29) is 18.4 Å². The summed E-state index contributed by atoms with van der Waals surface area (Å²) in [6.45, 7) is 4.57. The van der Waals surface area contributed by atoms with Crippen LogP contribution in [0.4, 0.5) is 11.4 Å². The van der Waals surface area contributed by atoms with Crippen molar-refractivity contribution in [3.63, 3.8) is 0 Å². The second-order valence-corrected chi connectivity index (χ2v) is 5.83. The summed E-state index contributed by atoms with van der Waals surface area (Å²) >= 11 is 0. The third-order valence-corrected chi connectivity index (χ3v) is 3.72. The van der Waals surface area contributed by atoms with Crippen molar-refractivity contribution in [3.8, 4) is 0 Å². The number of anilines is 2. The molecule has 0 bridgehead atoms. The molecule has 2 heterocycles. The maximum absolute atomic E-state index is 12.4. The van der Waals surface area contributed by atoms with Crippen LogP contribution in [0.2, 0.25) is 0 Å². The fourth-order valence-corrected chi connectivity index (χ4v) is 2.55. The van der Waals surface area contributed by atoms with Crippen LogP contribution in [-0.2, 0) is 17.9 Å². The van der Waals surface area contributed by atoms with E-state index in [1.165, 1.54) is 0 Å². The Kier molecular flexibility index (Phi) is 5.12. The van der Waals surface area contributed by atoms with E-state index < -0.39 is 0 Å². The van der Waals surface area contributed by atoms with E-state index in [1.807, 2.05) is 13.8 Å². The van der Waals surface area contributed by atoms with Gasteiger partial charge in [-0.2, -0.15) is 10.2 Å². The highest BCUT2D eigenvalue weighted by molar-refractivity contribution is 6.03. The number of benzene rings is 1. The van der Waals surface area contributed by atoms with Crippen LogP contribution in [0.3, 0.4) is 0 Å². The van der Waals surface area contributed by atoms with Gasteiger partial charge in [-0.1, -0.05) is 6.07 Å². The normalized spacial score (nSPS) is 10.5. The zero-order valence-corrected chi connectivity index (χ0v) is 14.6. The number of aryl methyl sites for hydroxylation is 2. The van der Waals surface area contributed by atoms with E-state index in [2.05, 4.69) is 20.8 Å². The second kappa shape index (κ2) is 7.64. The molecule has 0 atom stereocenters. The molecular formula is C18H20N6O2. The van der Waals surface area contributed by atoms with Gasteiger partial charge in [0.15, 0.2) is 0 Å². The maximum Gasteiger partial charge on any atom is 0.273 e. The Bertz CT molecular complexity index is 927. The maximum atomic E-state index is 12.4. The second-order valence-electron chi connectivity index (χ2n) is 5.83. The number of rotatable bonds is 6. The van der Waals surface area contributed by atoms with Crippen molar-refractivity contribution < 1.29 is 9.59 Å². The van der Waals surface area contributed by atoms with Crippen molar-refractivity contribution in [2.45, 2.75) is 26.9 Å². The first kappa shape index (κ1) is 17.4. The van der Waals surface area contributed by atoms with Gasteiger partial charge in [0.25, 0.3) is 5.91 Å². The molecule has 3 aromatic rings. The molecule has 2 aromatic heterocycles. The first-order chi connectivity index (χ1) is 12.5. The molecule has 8 nitrogen and oxygen atoms in total. The number of aromatic nitrogens is 4. The minimum absolute atomic E-state index is 0.125. The Hall–Kier alpha value is -3.42. The van der Waals surface area contributed by atoms with Crippen molar-refractivity contribution in [1.82, 2.24) is 19.6 Å². The molecule has 0 radical (unpaired) electrons. The number of carbonyl (C=O) groups is 2. The quantitative estimate of drug-likeness (QED) is 0.712. The van der Waals surface area contributed by atoms with Crippen molar-refractivity contribution >= 4 is 23.2 Å². The predicted molar refractivity (Wildman–Crippen MR) is 97.9 cm³/mol. The number of carbonyl (C=O) groups excluding carboxylic acids is 2. The number of nitrogens with one attached hydrogen (secondary N) is 2. The third-order valence-electron chi connectivity index (χ3n) is 3.72. The van der Waals surface area contributed by atoms with Gasteiger partial charge >= 0.3 is 0 Å². The van der Waals surface area contributed by atoms with Crippen LogP contribution < -0.4 is 10.6 Å². The Morgan fingerprint density at radius 2 is 1.88 bits per heavy atom. The molecule has 0 aliphatic rings. The summed E-state index contributed by atoms with van der Waals surface area (Å²) in [5.74, 6) is -0.444. The Labute approximate surface area is 150 Å². The number of nitrogens with zero attached hydrogens (tertiary/aromatic N) is 4. The lowest BCUT2D eigenvalue weighted by molar-refractivity contribution is -0.116. The predicted octanol–water partition coefficient (Wildman–Crippen LogP) is 2.30. The van der Waals surface area contributed by atoms with Gasteiger partial charge in [0.05, 0.1) is 6.20 Å². The van der Waals surface area contributed by atoms with Crippen LogP contribution in [-0.4, -0.2) is 31.4 Å². The average molecular weight is 352 g/mol. The highest BCUT2D eigenvalue weighted by Gasteiger charge is 2.12. The van der Waals surface area contributed by atoms with Gasteiger partial charge in [-0.05, 0) is 43.7 Å². The molecule has 26 heavy (non-hydrogen) atoms.